The first-order valence-electron chi connectivity index (χ1n) is 5.59. The molecule has 6 nitrogen and oxygen atoms in total. The van der Waals surface area contributed by atoms with Crippen molar-refractivity contribution in [2.75, 3.05) is 5.73 Å². The Bertz CT molecular complexity index is 681. The maximum atomic E-state index is 12.2. The number of nitrogens with two attached hydrogens (primary N) is 1. The summed E-state index contributed by atoms with van der Waals surface area (Å²) in [6.07, 6.45) is 0. The summed E-state index contributed by atoms with van der Waals surface area (Å²) in [4.78, 5) is 22.4. The highest BCUT2D eigenvalue weighted by Crippen LogP contribution is 2.29. The maximum Gasteiger partial charge on any atom is 0.298 e. The summed E-state index contributed by atoms with van der Waals surface area (Å²) in [5.41, 5.74) is 5.78. The highest BCUT2D eigenvalue weighted by Gasteiger charge is 2.17. The molecule has 20 heavy (non-hydrogen) atoms. The predicted molar refractivity (Wildman–Crippen MR) is 70.8 cm³/mol. The molecule has 0 atom stereocenters. The normalized spacial score (nSPS) is 10.0. The minimum absolute atomic E-state index is 0.0126. The van der Waals surface area contributed by atoms with E-state index in [4.69, 9.17) is 5.73 Å². The molecule has 2 aromatic carbocycles. The van der Waals surface area contributed by atoms with Crippen molar-refractivity contribution in [3.63, 3.8) is 0 Å². The monoisotopic (exact) mass is 273 g/mol. The van der Waals surface area contributed by atoms with E-state index >= 15 is 0 Å². The van der Waals surface area contributed by atoms with E-state index in [9.17, 15) is 19.8 Å². The van der Waals surface area contributed by atoms with E-state index in [0.717, 1.165) is 6.07 Å². The van der Waals surface area contributed by atoms with Crippen molar-refractivity contribution in [2.45, 2.75) is 0 Å². The zero-order chi connectivity index (χ0) is 14.7. The molecule has 0 saturated heterocycles. The number of benzene rings is 2. The van der Waals surface area contributed by atoms with Crippen LogP contribution in [0.25, 0.3) is 0 Å². The van der Waals surface area contributed by atoms with Gasteiger partial charge in [-0.05, 0) is 24.3 Å². The van der Waals surface area contributed by atoms with Crippen LogP contribution in [0.5, 0.6) is 17.2 Å². The third kappa shape index (κ3) is 2.54. The van der Waals surface area contributed by atoms with Crippen LogP contribution in [-0.2, 0) is 4.79 Å². The lowest BCUT2D eigenvalue weighted by Crippen LogP contribution is -2.03. The second-order valence-electron chi connectivity index (χ2n) is 4.00. The fraction of sp³-hybridized carbons (Fsp3) is 0. The van der Waals surface area contributed by atoms with Gasteiger partial charge >= 0.3 is 0 Å². The van der Waals surface area contributed by atoms with Gasteiger partial charge in [0.2, 0.25) is 0 Å². The summed E-state index contributed by atoms with van der Waals surface area (Å²) in [7, 11) is 0. The SMILES string of the molecule is Nc1ccc(C(=O)c2ccc(OC=O)cc2O)c(O)c1. The molecule has 0 unspecified atom stereocenters. The van der Waals surface area contributed by atoms with Crippen LogP contribution >= 0.6 is 0 Å². The van der Waals surface area contributed by atoms with E-state index in [2.05, 4.69) is 4.74 Å². The summed E-state index contributed by atoms with van der Waals surface area (Å²) in [5, 5.41) is 19.5. The predicted octanol–water partition coefficient (Wildman–Crippen LogP) is 1.45. The number of aromatic hydroxyl groups is 2. The van der Waals surface area contributed by atoms with Gasteiger partial charge in [0.15, 0.2) is 5.78 Å². The number of nitrogen functional groups attached to an aromatic ring is 1. The molecule has 0 saturated carbocycles. The Kier molecular flexibility index (Phi) is 3.56. The van der Waals surface area contributed by atoms with E-state index in [0.29, 0.717) is 5.69 Å². The van der Waals surface area contributed by atoms with E-state index in [1.165, 1.54) is 30.3 Å². The number of anilines is 1. The zero-order valence-corrected chi connectivity index (χ0v) is 10.2. The van der Waals surface area contributed by atoms with Crippen molar-refractivity contribution in [1.82, 2.24) is 0 Å². The minimum Gasteiger partial charge on any atom is -0.507 e. The van der Waals surface area contributed by atoms with Gasteiger partial charge in [-0.15, -0.1) is 0 Å². The molecule has 0 aliphatic rings. The Labute approximate surface area is 114 Å². The lowest BCUT2D eigenvalue weighted by Gasteiger charge is -2.07. The highest BCUT2D eigenvalue weighted by atomic mass is 16.5. The van der Waals surface area contributed by atoms with Crippen molar-refractivity contribution in [3.8, 4) is 17.2 Å². The molecule has 4 N–H and O–H groups in total. The number of hydrogen-bond donors (Lipinski definition) is 3. The van der Waals surface area contributed by atoms with E-state index in [1.807, 2.05) is 0 Å². The lowest BCUT2D eigenvalue weighted by molar-refractivity contribution is -0.120. The number of carbonyl (C=O) groups excluding carboxylic acids is 2. The third-order valence-electron chi connectivity index (χ3n) is 2.66. The van der Waals surface area contributed by atoms with Gasteiger partial charge in [-0.1, -0.05) is 0 Å². The fourth-order valence-electron chi connectivity index (χ4n) is 1.72. The quantitative estimate of drug-likeness (QED) is 0.442. The van der Waals surface area contributed by atoms with Crippen molar-refractivity contribution in [2.24, 2.45) is 0 Å². The molecule has 0 aliphatic carbocycles. The molecule has 0 fully saturated rings. The van der Waals surface area contributed by atoms with Gasteiger partial charge in [0.25, 0.3) is 6.47 Å². The number of phenolic OH excluding ortho intramolecular Hbond substituents is 2. The number of carbonyl (C=O) groups is 2. The molecule has 0 heterocycles. The highest BCUT2D eigenvalue weighted by molar-refractivity contribution is 6.12. The summed E-state index contributed by atoms with van der Waals surface area (Å²) in [6.45, 7) is 0.210. The molecule has 0 aromatic heterocycles. The molecule has 0 amide bonds. The summed E-state index contributed by atoms with van der Waals surface area (Å²) in [5.74, 6) is -1.10. The first kappa shape index (κ1) is 13.4. The van der Waals surface area contributed by atoms with Gasteiger partial charge in [0.1, 0.15) is 17.2 Å². The molecule has 6 heteroatoms. The average Bonchev–Trinajstić information content (AvgIpc) is 2.38. The first-order valence-corrected chi connectivity index (χ1v) is 5.59. The molecule has 2 rings (SSSR count). The molecule has 0 aliphatic heterocycles. The van der Waals surface area contributed by atoms with Gasteiger partial charge in [-0.2, -0.15) is 0 Å². The average molecular weight is 273 g/mol. The topological polar surface area (TPSA) is 110 Å². The number of ether oxygens (including phenoxy) is 1. The van der Waals surface area contributed by atoms with Gasteiger partial charge in [-0.3, -0.25) is 9.59 Å². The summed E-state index contributed by atoms with van der Waals surface area (Å²) in [6, 6.07) is 7.86. The number of hydrogen-bond acceptors (Lipinski definition) is 6. The van der Waals surface area contributed by atoms with Crippen molar-refractivity contribution >= 4 is 17.9 Å². The Morgan fingerprint density at radius 1 is 1.05 bits per heavy atom. The number of phenols is 2. The van der Waals surface area contributed by atoms with Crippen LogP contribution in [0.4, 0.5) is 5.69 Å². The standard InChI is InChI=1S/C14H11NO5/c15-8-1-3-10(12(17)5-8)14(19)11-4-2-9(20-7-16)6-13(11)18/h1-7,17-18H,15H2. The smallest absolute Gasteiger partial charge is 0.298 e. The van der Waals surface area contributed by atoms with Gasteiger partial charge in [-0.25, -0.2) is 0 Å². The Morgan fingerprint density at radius 3 is 2.20 bits per heavy atom. The summed E-state index contributed by atoms with van der Waals surface area (Å²) >= 11 is 0. The van der Waals surface area contributed by atoms with Gasteiger partial charge < -0.3 is 20.7 Å². The summed E-state index contributed by atoms with van der Waals surface area (Å²) < 4.78 is 4.55. The fourth-order valence-corrected chi connectivity index (χ4v) is 1.72. The van der Waals surface area contributed by atoms with Crippen LogP contribution in [0, 0.1) is 0 Å². The Hall–Kier alpha value is -3.02. The largest absolute Gasteiger partial charge is 0.507 e. The van der Waals surface area contributed by atoms with E-state index < -0.39 is 5.78 Å². The van der Waals surface area contributed by atoms with Crippen molar-refractivity contribution in [1.29, 1.82) is 0 Å². The van der Waals surface area contributed by atoms with Crippen molar-refractivity contribution in [3.05, 3.63) is 47.5 Å². The molecule has 102 valence electrons. The van der Waals surface area contributed by atoms with Gasteiger partial charge in [0.05, 0.1) is 11.1 Å². The second kappa shape index (κ2) is 5.31. The molecular formula is C14H11NO5. The third-order valence-corrected chi connectivity index (χ3v) is 2.66. The van der Waals surface area contributed by atoms with Crippen LogP contribution in [0.3, 0.4) is 0 Å². The zero-order valence-electron chi connectivity index (χ0n) is 10.2. The molecule has 2 aromatic rings. The number of ketones is 1. The maximum absolute atomic E-state index is 12.2. The first-order chi connectivity index (χ1) is 9.52. The van der Waals surface area contributed by atoms with Crippen LogP contribution < -0.4 is 10.5 Å². The Balaban J connectivity index is 2.40. The van der Waals surface area contributed by atoms with E-state index in [1.54, 1.807) is 0 Å². The van der Waals surface area contributed by atoms with Crippen LogP contribution in [-0.4, -0.2) is 22.5 Å². The molecule has 0 radical (unpaired) electrons. The van der Waals surface area contributed by atoms with Crippen LogP contribution in [0.1, 0.15) is 15.9 Å². The molecule has 0 spiro atoms. The second-order valence-corrected chi connectivity index (χ2v) is 4.00. The molecular weight excluding hydrogens is 262 g/mol. The number of rotatable bonds is 4. The molecule has 0 bridgehead atoms. The van der Waals surface area contributed by atoms with Crippen LogP contribution in [0.15, 0.2) is 36.4 Å². The van der Waals surface area contributed by atoms with Gasteiger partial charge in [0, 0.05) is 17.8 Å². The minimum atomic E-state index is -0.572. The lowest BCUT2D eigenvalue weighted by atomic mass is 10.0. The Morgan fingerprint density at radius 2 is 1.65 bits per heavy atom. The van der Waals surface area contributed by atoms with E-state index in [-0.39, 0.29) is 34.8 Å². The van der Waals surface area contributed by atoms with Crippen molar-refractivity contribution < 1.29 is 24.5 Å². The van der Waals surface area contributed by atoms with Crippen LogP contribution in [0.2, 0.25) is 0 Å².